The van der Waals surface area contributed by atoms with E-state index >= 15 is 0 Å². The van der Waals surface area contributed by atoms with E-state index in [0.717, 1.165) is 43.7 Å². The average molecular weight is 302 g/mol. The molecular formula is C12H18N2O3S2. The number of sulfonamides is 1. The number of carbonyl (C=O) groups is 1. The van der Waals surface area contributed by atoms with Gasteiger partial charge in [-0.3, -0.25) is 4.79 Å². The summed E-state index contributed by atoms with van der Waals surface area (Å²) in [6.45, 7) is 3.67. The number of primary sulfonamides is 1. The van der Waals surface area contributed by atoms with E-state index in [1.165, 1.54) is 6.07 Å². The van der Waals surface area contributed by atoms with Crippen molar-refractivity contribution in [1.82, 2.24) is 4.90 Å². The minimum absolute atomic E-state index is 0.0408. The molecule has 0 aromatic carbocycles. The van der Waals surface area contributed by atoms with Gasteiger partial charge in [-0.25, -0.2) is 13.6 Å². The molecule has 0 aliphatic carbocycles. The zero-order valence-electron chi connectivity index (χ0n) is 10.8. The van der Waals surface area contributed by atoms with Gasteiger partial charge >= 0.3 is 0 Å². The Morgan fingerprint density at radius 3 is 2.79 bits per heavy atom. The summed E-state index contributed by atoms with van der Waals surface area (Å²) < 4.78 is 22.5. The second kappa shape index (κ2) is 5.60. The molecule has 0 spiro atoms. The van der Waals surface area contributed by atoms with Crippen LogP contribution in [0.3, 0.4) is 0 Å². The maximum atomic E-state index is 12.3. The van der Waals surface area contributed by atoms with E-state index in [2.05, 4.69) is 6.92 Å². The third-order valence-electron chi connectivity index (χ3n) is 3.41. The number of rotatable bonds is 2. The van der Waals surface area contributed by atoms with Crippen LogP contribution in [0.5, 0.6) is 0 Å². The molecule has 0 bridgehead atoms. The molecule has 106 valence electrons. The predicted molar refractivity (Wildman–Crippen MR) is 74.6 cm³/mol. The quantitative estimate of drug-likeness (QED) is 0.902. The largest absolute Gasteiger partial charge is 0.339 e. The van der Waals surface area contributed by atoms with Gasteiger partial charge in [0, 0.05) is 18.5 Å². The van der Waals surface area contributed by atoms with Crippen molar-refractivity contribution in [2.75, 3.05) is 13.1 Å². The monoisotopic (exact) mass is 302 g/mol. The molecule has 2 N–H and O–H groups in total. The fourth-order valence-corrected chi connectivity index (χ4v) is 3.81. The topological polar surface area (TPSA) is 80.5 Å². The molecular weight excluding hydrogens is 284 g/mol. The van der Waals surface area contributed by atoms with E-state index in [-0.39, 0.29) is 10.1 Å². The molecule has 0 unspecified atom stereocenters. The number of hydrogen-bond donors (Lipinski definition) is 1. The molecule has 1 amide bonds. The van der Waals surface area contributed by atoms with Gasteiger partial charge in [0.2, 0.25) is 10.0 Å². The first-order chi connectivity index (χ1) is 8.88. The smallest absolute Gasteiger partial charge is 0.254 e. The van der Waals surface area contributed by atoms with E-state index in [4.69, 9.17) is 5.14 Å². The molecule has 1 aliphatic heterocycles. The first-order valence-electron chi connectivity index (χ1n) is 6.28. The van der Waals surface area contributed by atoms with Gasteiger partial charge in [-0.2, -0.15) is 0 Å². The van der Waals surface area contributed by atoms with Gasteiger partial charge in [-0.1, -0.05) is 6.92 Å². The van der Waals surface area contributed by atoms with Crippen molar-refractivity contribution in [3.05, 3.63) is 17.0 Å². The Kier molecular flexibility index (Phi) is 4.27. The lowest BCUT2D eigenvalue weighted by Gasteiger charge is -2.19. The molecule has 1 aromatic heterocycles. The SMILES string of the molecule is C[C@@H]1CCCN(C(=O)c2csc(S(N)(=O)=O)c2)CC1. The van der Waals surface area contributed by atoms with E-state index in [1.807, 2.05) is 0 Å². The Labute approximate surface area is 117 Å². The summed E-state index contributed by atoms with van der Waals surface area (Å²) in [5.74, 6) is 0.542. The zero-order chi connectivity index (χ0) is 14.0. The molecule has 1 atom stereocenters. The number of nitrogens with two attached hydrogens (primary N) is 1. The Hall–Kier alpha value is -0.920. The van der Waals surface area contributed by atoms with Gasteiger partial charge in [0.1, 0.15) is 4.21 Å². The second-order valence-corrected chi connectivity index (χ2v) is 7.73. The van der Waals surface area contributed by atoms with Crippen molar-refractivity contribution in [2.45, 2.75) is 30.4 Å². The first kappa shape index (κ1) is 14.5. The van der Waals surface area contributed by atoms with Crippen LogP contribution in [0.15, 0.2) is 15.7 Å². The molecule has 19 heavy (non-hydrogen) atoms. The van der Waals surface area contributed by atoms with Crippen molar-refractivity contribution >= 4 is 27.3 Å². The molecule has 0 saturated carbocycles. The Balaban J connectivity index is 2.13. The van der Waals surface area contributed by atoms with Gasteiger partial charge in [-0.15, -0.1) is 11.3 Å². The lowest BCUT2D eigenvalue weighted by atomic mass is 10.0. The number of hydrogen-bond acceptors (Lipinski definition) is 4. The highest BCUT2D eigenvalue weighted by molar-refractivity contribution is 7.91. The standard InChI is InChI=1S/C12H18N2O3S2/c1-9-3-2-5-14(6-4-9)12(15)10-7-11(18-8-10)19(13,16)17/h7-9H,2-6H2,1H3,(H2,13,16,17)/t9-/m1/s1. The molecule has 1 aromatic rings. The van der Waals surface area contributed by atoms with Crippen LogP contribution in [0.2, 0.25) is 0 Å². The van der Waals surface area contributed by atoms with Crippen molar-refractivity contribution < 1.29 is 13.2 Å². The van der Waals surface area contributed by atoms with Crippen LogP contribution in [0, 0.1) is 5.92 Å². The highest BCUT2D eigenvalue weighted by Crippen LogP contribution is 2.22. The Morgan fingerprint density at radius 1 is 1.42 bits per heavy atom. The minimum atomic E-state index is -3.71. The summed E-state index contributed by atoms with van der Waals surface area (Å²) in [5, 5.41) is 6.62. The third-order valence-corrected chi connectivity index (χ3v) is 5.79. The van der Waals surface area contributed by atoms with Gasteiger partial charge in [-0.05, 0) is 31.2 Å². The molecule has 7 heteroatoms. The lowest BCUT2D eigenvalue weighted by molar-refractivity contribution is 0.0761. The van der Waals surface area contributed by atoms with Gasteiger partial charge < -0.3 is 4.90 Å². The zero-order valence-corrected chi connectivity index (χ0v) is 12.5. The van der Waals surface area contributed by atoms with Crippen LogP contribution in [-0.2, 0) is 10.0 Å². The second-order valence-electron chi connectivity index (χ2n) is 5.03. The third kappa shape index (κ3) is 3.55. The lowest BCUT2D eigenvalue weighted by Crippen LogP contribution is -2.31. The average Bonchev–Trinajstić information content (AvgIpc) is 2.73. The Bertz CT molecular complexity index is 565. The first-order valence-corrected chi connectivity index (χ1v) is 8.71. The molecule has 1 saturated heterocycles. The molecule has 2 heterocycles. The minimum Gasteiger partial charge on any atom is -0.339 e. The maximum Gasteiger partial charge on any atom is 0.254 e. The summed E-state index contributed by atoms with van der Waals surface area (Å²) in [6, 6.07) is 1.37. The van der Waals surface area contributed by atoms with Gasteiger partial charge in [0.05, 0.1) is 5.56 Å². The number of nitrogens with zero attached hydrogens (tertiary/aromatic N) is 1. The van der Waals surface area contributed by atoms with Crippen molar-refractivity contribution in [1.29, 1.82) is 0 Å². The van der Waals surface area contributed by atoms with Gasteiger partial charge in [0.15, 0.2) is 0 Å². The Morgan fingerprint density at radius 2 is 2.16 bits per heavy atom. The highest BCUT2D eigenvalue weighted by Gasteiger charge is 2.22. The summed E-state index contributed by atoms with van der Waals surface area (Å²) in [6.07, 6.45) is 3.13. The normalized spacial score (nSPS) is 21.2. The molecule has 0 radical (unpaired) electrons. The van der Waals surface area contributed by atoms with Gasteiger partial charge in [0.25, 0.3) is 5.91 Å². The highest BCUT2D eigenvalue weighted by atomic mass is 32.2. The predicted octanol–water partition coefficient (Wildman–Crippen LogP) is 1.66. The summed E-state index contributed by atoms with van der Waals surface area (Å²) in [7, 11) is -3.71. The maximum absolute atomic E-state index is 12.3. The summed E-state index contributed by atoms with van der Waals surface area (Å²) >= 11 is 0.994. The number of amides is 1. The molecule has 5 nitrogen and oxygen atoms in total. The van der Waals surface area contributed by atoms with E-state index in [9.17, 15) is 13.2 Å². The van der Waals surface area contributed by atoms with Crippen molar-refractivity contribution in [2.24, 2.45) is 11.1 Å². The number of carbonyl (C=O) groups excluding carboxylic acids is 1. The van der Waals surface area contributed by atoms with Crippen LogP contribution < -0.4 is 5.14 Å². The summed E-state index contributed by atoms with van der Waals surface area (Å²) in [4.78, 5) is 14.1. The fraction of sp³-hybridized carbons (Fsp3) is 0.583. The van der Waals surface area contributed by atoms with E-state index in [0.29, 0.717) is 11.5 Å². The van der Waals surface area contributed by atoms with Crippen LogP contribution in [0.4, 0.5) is 0 Å². The van der Waals surface area contributed by atoms with Crippen LogP contribution in [-0.4, -0.2) is 32.3 Å². The number of likely N-dealkylation sites (tertiary alicyclic amines) is 1. The van der Waals surface area contributed by atoms with Crippen molar-refractivity contribution in [3.8, 4) is 0 Å². The van der Waals surface area contributed by atoms with E-state index in [1.54, 1.807) is 10.3 Å². The molecule has 1 aliphatic rings. The van der Waals surface area contributed by atoms with Crippen LogP contribution >= 0.6 is 11.3 Å². The molecule has 1 fully saturated rings. The number of thiophene rings is 1. The van der Waals surface area contributed by atoms with Crippen LogP contribution in [0.25, 0.3) is 0 Å². The molecule has 2 rings (SSSR count). The van der Waals surface area contributed by atoms with Crippen LogP contribution in [0.1, 0.15) is 36.5 Å². The van der Waals surface area contributed by atoms with E-state index < -0.39 is 10.0 Å². The summed E-state index contributed by atoms with van der Waals surface area (Å²) in [5.41, 5.74) is 0.420. The van der Waals surface area contributed by atoms with Crippen molar-refractivity contribution in [3.63, 3.8) is 0 Å². The fourth-order valence-electron chi connectivity index (χ4n) is 2.23.